The lowest BCUT2D eigenvalue weighted by Crippen LogP contribution is -2.22. The first-order valence-corrected chi connectivity index (χ1v) is 5.85. The number of hydrogen-bond donors (Lipinski definition) is 1. The summed E-state index contributed by atoms with van der Waals surface area (Å²) in [7, 11) is 0. The van der Waals surface area contributed by atoms with Crippen molar-refractivity contribution in [1.82, 2.24) is 5.32 Å². The van der Waals surface area contributed by atoms with Crippen LogP contribution in [0.3, 0.4) is 0 Å². The van der Waals surface area contributed by atoms with E-state index in [0.717, 1.165) is 31.9 Å². The molecule has 2 nitrogen and oxygen atoms in total. The predicted octanol–water partition coefficient (Wildman–Crippen LogP) is 2.60. The monoisotopic (exact) mass is 217 g/mol. The number of aryl methyl sites for hydroxylation is 1. The molecule has 1 aromatic rings. The van der Waals surface area contributed by atoms with Gasteiger partial charge in [-0.1, -0.05) is 18.2 Å². The molecule has 1 heterocycles. The van der Waals surface area contributed by atoms with Gasteiger partial charge in [-0.3, -0.25) is 0 Å². The Morgan fingerprint density at radius 3 is 2.94 bits per heavy atom. The molecule has 0 unspecified atom stereocenters. The first kappa shape index (κ1) is 11.2. The fourth-order valence-corrected chi connectivity index (χ4v) is 1.85. The topological polar surface area (TPSA) is 21.3 Å². The highest BCUT2D eigenvalue weighted by Crippen LogP contribution is 2.21. The van der Waals surface area contributed by atoms with Crippen molar-refractivity contribution in [1.29, 1.82) is 0 Å². The summed E-state index contributed by atoms with van der Waals surface area (Å²) in [6.07, 6.45) is 3.33. The zero-order valence-corrected chi connectivity index (χ0v) is 10.0. The molecule has 0 bridgehead atoms. The summed E-state index contributed by atoms with van der Waals surface area (Å²) >= 11 is 0. The van der Waals surface area contributed by atoms with Crippen LogP contribution in [-0.4, -0.2) is 19.7 Å². The normalized spacial score (nSPS) is 15.8. The molecule has 0 fully saturated rings. The van der Waals surface area contributed by atoms with E-state index in [2.05, 4.69) is 37.4 Å². The van der Waals surface area contributed by atoms with Gasteiger partial charge in [0.05, 0.1) is 0 Å². The largest absolute Gasteiger partial charge is 0.489 e. The Bertz CT molecular complexity index is 396. The van der Waals surface area contributed by atoms with Crippen molar-refractivity contribution in [3.05, 3.63) is 41.0 Å². The van der Waals surface area contributed by atoms with Gasteiger partial charge in [0.15, 0.2) is 0 Å². The van der Waals surface area contributed by atoms with Gasteiger partial charge in [0.1, 0.15) is 12.4 Å². The van der Waals surface area contributed by atoms with Crippen LogP contribution in [0, 0.1) is 13.8 Å². The van der Waals surface area contributed by atoms with Gasteiger partial charge in [-0.25, -0.2) is 0 Å². The first-order chi connectivity index (χ1) is 7.77. The van der Waals surface area contributed by atoms with Gasteiger partial charge >= 0.3 is 0 Å². The molecule has 0 saturated carbocycles. The maximum absolute atomic E-state index is 5.86. The van der Waals surface area contributed by atoms with Gasteiger partial charge in [-0.15, -0.1) is 0 Å². The summed E-state index contributed by atoms with van der Waals surface area (Å²) in [5, 5.41) is 3.30. The maximum atomic E-state index is 5.86. The van der Waals surface area contributed by atoms with Crippen molar-refractivity contribution in [2.24, 2.45) is 0 Å². The minimum atomic E-state index is 0.728. The van der Waals surface area contributed by atoms with Crippen molar-refractivity contribution < 1.29 is 4.74 Å². The van der Waals surface area contributed by atoms with Crippen molar-refractivity contribution in [3.8, 4) is 5.75 Å². The van der Waals surface area contributed by atoms with Crippen molar-refractivity contribution in [2.75, 3.05) is 19.7 Å². The Kier molecular flexibility index (Phi) is 3.62. The van der Waals surface area contributed by atoms with E-state index >= 15 is 0 Å². The van der Waals surface area contributed by atoms with Crippen LogP contribution in [0.4, 0.5) is 0 Å². The molecule has 1 aliphatic rings. The van der Waals surface area contributed by atoms with Crippen molar-refractivity contribution in [3.63, 3.8) is 0 Å². The van der Waals surface area contributed by atoms with Crippen LogP contribution in [0.1, 0.15) is 17.5 Å². The fraction of sp³-hybridized carbons (Fsp3) is 0.429. The van der Waals surface area contributed by atoms with E-state index in [0.29, 0.717) is 0 Å². The van der Waals surface area contributed by atoms with Crippen molar-refractivity contribution >= 4 is 0 Å². The van der Waals surface area contributed by atoms with Crippen LogP contribution in [-0.2, 0) is 0 Å². The van der Waals surface area contributed by atoms with Crippen LogP contribution in [0.2, 0.25) is 0 Å². The molecule has 2 rings (SSSR count). The lowest BCUT2D eigenvalue weighted by molar-refractivity contribution is 0.342. The summed E-state index contributed by atoms with van der Waals surface area (Å²) < 4.78 is 5.86. The molecule has 0 saturated heterocycles. The SMILES string of the molecule is Cc1cccc(OCC2=CCNCC2)c1C. The number of benzene rings is 1. The van der Waals surface area contributed by atoms with E-state index in [1.807, 2.05) is 6.07 Å². The highest BCUT2D eigenvalue weighted by atomic mass is 16.5. The average molecular weight is 217 g/mol. The van der Waals surface area contributed by atoms with Gasteiger partial charge in [0, 0.05) is 6.54 Å². The van der Waals surface area contributed by atoms with E-state index in [1.54, 1.807) is 0 Å². The third-order valence-electron chi connectivity index (χ3n) is 3.13. The molecule has 0 amide bonds. The molecule has 0 aromatic heterocycles. The van der Waals surface area contributed by atoms with E-state index < -0.39 is 0 Å². The summed E-state index contributed by atoms with van der Waals surface area (Å²) in [5.41, 5.74) is 3.94. The third kappa shape index (κ3) is 2.64. The Morgan fingerprint density at radius 2 is 2.19 bits per heavy atom. The minimum absolute atomic E-state index is 0.728. The molecule has 1 aliphatic heterocycles. The van der Waals surface area contributed by atoms with Gasteiger partial charge in [0.25, 0.3) is 0 Å². The molecular formula is C14H19NO. The Labute approximate surface area is 97.3 Å². The van der Waals surface area contributed by atoms with Gasteiger partial charge in [-0.2, -0.15) is 0 Å². The number of rotatable bonds is 3. The lowest BCUT2D eigenvalue weighted by Gasteiger charge is -2.16. The molecule has 1 N–H and O–H groups in total. The van der Waals surface area contributed by atoms with Crippen LogP contribution >= 0.6 is 0 Å². The molecule has 16 heavy (non-hydrogen) atoms. The Morgan fingerprint density at radius 1 is 1.31 bits per heavy atom. The molecule has 86 valence electrons. The van der Waals surface area contributed by atoms with Crippen LogP contribution in [0.15, 0.2) is 29.8 Å². The van der Waals surface area contributed by atoms with E-state index in [1.165, 1.54) is 16.7 Å². The summed E-state index contributed by atoms with van der Waals surface area (Å²) in [6, 6.07) is 6.21. The lowest BCUT2D eigenvalue weighted by atomic mass is 10.1. The van der Waals surface area contributed by atoms with Gasteiger partial charge < -0.3 is 10.1 Å². The third-order valence-corrected chi connectivity index (χ3v) is 3.13. The number of hydrogen-bond acceptors (Lipinski definition) is 2. The van der Waals surface area contributed by atoms with E-state index in [4.69, 9.17) is 4.74 Å². The fourth-order valence-electron chi connectivity index (χ4n) is 1.85. The number of ether oxygens (including phenoxy) is 1. The summed E-state index contributed by atoms with van der Waals surface area (Å²) in [5.74, 6) is 1.01. The van der Waals surface area contributed by atoms with E-state index in [9.17, 15) is 0 Å². The highest BCUT2D eigenvalue weighted by molar-refractivity contribution is 5.38. The first-order valence-electron chi connectivity index (χ1n) is 5.85. The molecule has 0 spiro atoms. The molecule has 1 aromatic carbocycles. The quantitative estimate of drug-likeness (QED) is 0.786. The molecule has 0 radical (unpaired) electrons. The average Bonchev–Trinajstić information content (AvgIpc) is 2.32. The second kappa shape index (κ2) is 5.17. The van der Waals surface area contributed by atoms with E-state index in [-0.39, 0.29) is 0 Å². The number of nitrogens with one attached hydrogen (secondary N) is 1. The Hall–Kier alpha value is -1.28. The highest BCUT2D eigenvalue weighted by Gasteiger charge is 2.05. The molecule has 0 atom stereocenters. The summed E-state index contributed by atoms with van der Waals surface area (Å²) in [4.78, 5) is 0. The maximum Gasteiger partial charge on any atom is 0.122 e. The van der Waals surface area contributed by atoms with Gasteiger partial charge in [0.2, 0.25) is 0 Å². The summed E-state index contributed by atoms with van der Waals surface area (Å²) in [6.45, 7) is 7.01. The second-order valence-electron chi connectivity index (χ2n) is 4.30. The molecular weight excluding hydrogens is 198 g/mol. The van der Waals surface area contributed by atoms with Crippen LogP contribution < -0.4 is 10.1 Å². The smallest absolute Gasteiger partial charge is 0.122 e. The predicted molar refractivity (Wildman–Crippen MR) is 67.0 cm³/mol. The molecule has 2 heteroatoms. The zero-order valence-electron chi connectivity index (χ0n) is 10.0. The minimum Gasteiger partial charge on any atom is -0.489 e. The van der Waals surface area contributed by atoms with Crippen LogP contribution in [0.25, 0.3) is 0 Å². The zero-order chi connectivity index (χ0) is 11.4. The standard InChI is InChI=1S/C14H19NO/c1-11-4-3-5-14(12(11)2)16-10-13-6-8-15-9-7-13/h3-6,15H,7-10H2,1-2H3. The second-order valence-corrected chi connectivity index (χ2v) is 4.30. The van der Waals surface area contributed by atoms with Crippen molar-refractivity contribution in [2.45, 2.75) is 20.3 Å². The Balaban J connectivity index is 1.99. The van der Waals surface area contributed by atoms with Gasteiger partial charge in [-0.05, 0) is 49.6 Å². The molecule has 0 aliphatic carbocycles. The van der Waals surface area contributed by atoms with Crippen LogP contribution in [0.5, 0.6) is 5.75 Å².